The molecule has 3 nitrogen and oxygen atoms in total. The molecular weight excluding hydrogens is 296 g/mol. The van der Waals surface area contributed by atoms with E-state index in [1.807, 2.05) is 62.4 Å². The molecule has 4 heteroatoms. The minimum absolute atomic E-state index is 0.0400. The highest BCUT2D eigenvalue weighted by Crippen LogP contribution is 2.19. The molecule has 2 aromatic carbocycles. The number of carbonyl (C=O) groups excluding carboxylic acids is 1. The van der Waals surface area contributed by atoms with E-state index in [0.717, 1.165) is 22.0 Å². The number of rotatable bonds is 6. The van der Waals surface area contributed by atoms with Crippen molar-refractivity contribution in [3.8, 4) is 0 Å². The highest BCUT2D eigenvalue weighted by molar-refractivity contribution is 6.31. The van der Waals surface area contributed by atoms with Crippen molar-refractivity contribution in [1.82, 2.24) is 0 Å². The molecule has 0 aliphatic rings. The number of halogens is 1. The maximum absolute atomic E-state index is 11.8. The lowest BCUT2D eigenvalue weighted by molar-refractivity contribution is -0.116. The number of nitrogens with one attached hydrogen (secondary N) is 2. The van der Waals surface area contributed by atoms with E-state index in [-0.39, 0.29) is 5.91 Å². The summed E-state index contributed by atoms with van der Waals surface area (Å²) >= 11 is 6.14. The van der Waals surface area contributed by atoms with Crippen LogP contribution in [0.1, 0.15) is 25.8 Å². The van der Waals surface area contributed by atoms with E-state index >= 15 is 0 Å². The second-order valence-corrected chi connectivity index (χ2v) is 6.08. The molecule has 2 aromatic rings. The van der Waals surface area contributed by atoms with Crippen LogP contribution in [0.5, 0.6) is 0 Å². The lowest BCUT2D eigenvalue weighted by Gasteiger charge is -2.11. The zero-order chi connectivity index (χ0) is 15.9. The van der Waals surface area contributed by atoms with Crippen LogP contribution >= 0.6 is 11.6 Å². The maximum Gasteiger partial charge on any atom is 0.224 e. The molecule has 0 spiro atoms. The Morgan fingerprint density at radius 1 is 1.09 bits per heavy atom. The first-order valence-electron chi connectivity index (χ1n) is 7.42. The fraction of sp³-hybridized carbons (Fsp3) is 0.278. The van der Waals surface area contributed by atoms with Crippen molar-refractivity contribution in [2.75, 3.05) is 10.6 Å². The first-order valence-corrected chi connectivity index (χ1v) is 7.79. The second kappa shape index (κ2) is 7.85. The predicted molar refractivity (Wildman–Crippen MR) is 93.3 cm³/mol. The van der Waals surface area contributed by atoms with E-state index in [0.29, 0.717) is 18.9 Å². The Balaban J connectivity index is 1.97. The maximum atomic E-state index is 11.8. The summed E-state index contributed by atoms with van der Waals surface area (Å²) in [6.45, 7) is 4.70. The molecule has 2 N–H and O–H groups in total. The molecule has 0 aliphatic carbocycles. The molecule has 1 amide bonds. The summed E-state index contributed by atoms with van der Waals surface area (Å²) in [5, 5.41) is 6.99. The van der Waals surface area contributed by atoms with Crippen LogP contribution in [-0.2, 0) is 11.3 Å². The number of anilines is 2. The molecular formula is C18H21ClN2O. The standard InChI is InChI=1S/C18H21ClN2O/c1-13(2)10-18(22)21-16-8-5-7-15(11-16)20-12-14-6-3-4-9-17(14)19/h3-9,11,13,20H,10,12H2,1-2H3,(H,21,22). The lowest BCUT2D eigenvalue weighted by Crippen LogP contribution is -2.13. The van der Waals surface area contributed by atoms with Crippen LogP contribution in [0.4, 0.5) is 11.4 Å². The normalized spacial score (nSPS) is 10.5. The van der Waals surface area contributed by atoms with Gasteiger partial charge in [0.15, 0.2) is 0 Å². The van der Waals surface area contributed by atoms with E-state index in [1.54, 1.807) is 0 Å². The molecule has 116 valence electrons. The first kappa shape index (κ1) is 16.4. The Morgan fingerprint density at radius 2 is 1.82 bits per heavy atom. The molecule has 0 radical (unpaired) electrons. The molecule has 0 aromatic heterocycles. The molecule has 0 bridgehead atoms. The minimum atomic E-state index is 0.0400. The number of amides is 1. The summed E-state index contributed by atoms with van der Waals surface area (Å²) in [7, 11) is 0. The summed E-state index contributed by atoms with van der Waals surface area (Å²) in [6.07, 6.45) is 0.525. The van der Waals surface area contributed by atoms with Crippen molar-refractivity contribution in [1.29, 1.82) is 0 Å². The van der Waals surface area contributed by atoms with E-state index in [2.05, 4.69) is 10.6 Å². The summed E-state index contributed by atoms with van der Waals surface area (Å²) in [5.74, 6) is 0.389. The third-order valence-corrected chi connectivity index (χ3v) is 3.55. The molecule has 2 rings (SSSR count). The van der Waals surface area contributed by atoms with Gasteiger partial charge >= 0.3 is 0 Å². The Hall–Kier alpha value is -2.00. The van der Waals surface area contributed by atoms with Crippen LogP contribution in [0.2, 0.25) is 5.02 Å². The van der Waals surface area contributed by atoms with Crippen LogP contribution in [0.3, 0.4) is 0 Å². The Kier molecular flexibility index (Phi) is 5.84. The average Bonchev–Trinajstić information content (AvgIpc) is 2.46. The third kappa shape index (κ3) is 5.08. The highest BCUT2D eigenvalue weighted by atomic mass is 35.5. The van der Waals surface area contributed by atoms with Crippen molar-refractivity contribution in [2.24, 2.45) is 5.92 Å². The smallest absolute Gasteiger partial charge is 0.224 e. The summed E-state index contributed by atoms with van der Waals surface area (Å²) in [4.78, 5) is 11.8. The van der Waals surface area contributed by atoms with E-state index in [1.165, 1.54) is 0 Å². The molecule has 0 atom stereocenters. The summed E-state index contributed by atoms with van der Waals surface area (Å²) in [6, 6.07) is 15.4. The summed E-state index contributed by atoms with van der Waals surface area (Å²) in [5.41, 5.74) is 2.79. The molecule has 0 unspecified atom stereocenters. The fourth-order valence-corrected chi connectivity index (χ4v) is 2.33. The van der Waals surface area contributed by atoms with E-state index in [9.17, 15) is 4.79 Å². The molecule has 0 fully saturated rings. The topological polar surface area (TPSA) is 41.1 Å². The fourth-order valence-electron chi connectivity index (χ4n) is 2.13. The van der Waals surface area contributed by atoms with Crippen LogP contribution in [-0.4, -0.2) is 5.91 Å². The average molecular weight is 317 g/mol. The van der Waals surface area contributed by atoms with Gasteiger partial charge in [0, 0.05) is 29.4 Å². The van der Waals surface area contributed by atoms with Crippen molar-refractivity contribution < 1.29 is 4.79 Å². The number of carbonyl (C=O) groups is 1. The zero-order valence-corrected chi connectivity index (χ0v) is 13.7. The first-order chi connectivity index (χ1) is 10.5. The van der Waals surface area contributed by atoms with Gasteiger partial charge in [0.25, 0.3) is 0 Å². The molecule has 0 saturated carbocycles. The molecule has 0 heterocycles. The van der Waals surface area contributed by atoms with Crippen LogP contribution < -0.4 is 10.6 Å². The van der Waals surface area contributed by atoms with Gasteiger partial charge in [-0.25, -0.2) is 0 Å². The van der Waals surface area contributed by atoms with Crippen molar-refractivity contribution in [3.05, 3.63) is 59.1 Å². The lowest BCUT2D eigenvalue weighted by atomic mass is 10.1. The van der Waals surface area contributed by atoms with Crippen LogP contribution in [0, 0.1) is 5.92 Å². The Morgan fingerprint density at radius 3 is 2.55 bits per heavy atom. The largest absolute Gasteiger partial charge is 0.381 e. The van der Waals surface area contributed by atoms with Crippen molar-refractivity contribution in [2.45, 2.75) is 26.8 Å². The van der Waals surface area contributed by atoms with Gasteiger partial charge in [-0.1, -0.05) is 49.7 Å². The monoisotopic (exact) mass is 316 g/mol. The van der Waals surface area contributed by atoms with Gasteiger partial charge in [-0.2, -0.15) is 0 Å². The third-order valence-electron chi connectivity index (χ3n) is 3.18. The van der Waals surface area contributed by atoms with Gasteiger partial charge in [-0.15, -0.1) is 0 Å². The van der Waals surface area contributed by atoms with Gasteiger partial charge in [-0.05, 0) is 35.7 Å². The van der Waals surface area contributed by atoms with Crippen molar-refractivity contribution >= 4 is 28.9 Å². The number of hydrogen-bond acceptors (Lipinski definition) is 2. The van der Waals surface area contributed by atoms with E-state index < -0.39 is 0 Å². The van der Waals surface area contributed by atoms with Crippen molar-refractivity contribution in [3.63, 3.8) is 0 Å². The van der Waals surface area contributed by atoms with E-state index in [4.69, 9.17) is 11.6 Å². The van der Waals surface area contributed by atoms with Crippen LogP contribution in [0.25, 0.3) is 0 Å². The van der Waals surface area contributed by atoms with Gasteiger partial charge in [0.1, 0.15) is 0 Å². The SMILES string of the molecule is CC(C)CC(=O)Nc1cccc(NCc2ccccc2Cl)c1. The summed E-state index contributed by atoms with van der Waals surface area (Å²) < 4.78 is 0. The quantitative estimate of drug-likeness (QED) is 0.792. The Bertz CT molecular complexity index is 640. The molecule has 0 saturated heterocycles. The predicted octanol–water partition coefficient (Wildman–Crippen LogP) is 4.94. The van der Waals surface area contributed by atoms with Gasteiger partial charge in [0.05, 0.1) is 0 Å². The second-order valence-electron chi connectivity index (χ2n) is 5.67. The zero-order valence-electron chi connectivity index (χ0n) is 12.9. The number of hydrogen-bond donors (Lipinski definition) is 2. The Labute approximate surface area is 136 Å². The molecule has 22 heavy (non-hydrogen) atoms. The van der Waals surface area contributed by atoms with Gasteiger partial charge in [-0.3, -0.25) is 4.79 Å². The van der Waals surface area contributed by atoms with Gasteiger partial charge < -0.3 is 10.6 Å². The van der Waals surface area contributed by atoms with Crippen LogP contribution in [0.15, 0.2) is 48.5 Å². The minimum Gasteiger partial charge on any atom is -0.381 e. The highest BCUT2D eigenvalue weighted by Gasteiger charge is 2.06. The molecule has 0 aliphatic heterocycles. The van der Waals surface area contributed by atoms with Gasteiger partial charge in [0.2, 0.25) is 5.91 Å². The number of benzene rings is 2.